The normalized spacial score (nSPS) is 20.0. The molecule has 1 aliphatic rings. The highest BCUT2D eigenvalue weighted by Gasteiger charge is 2.09. The summed E-state index contributed by atoms with van der Waals surface area (Å²) in [6, 6.07) is 6.91. The summed E-state index contributed by atoms with van der Waals surface area (Å²) in [4.78, 5) is 0. The van der Waals surface area contributed by atoms with Crippen LogP contribution < -0.4 is 5.32 Å². The Hall–Kier alpha value is -0.760. The molecule has 0 radical (unpaired) electrons. The molecule has 1 atom stereocenters. The van der Waals surface area contributed by atoms with Crippen LogP contribution in [-0.4, -0.2) is 6.04 Å². The van der Waals surface area contributed by atoms with E-state index in [1.807, 2.05) is 0 Å². The van der Waals surface area contributed by atoms with E-state index in [0.29, 0.717) is 6.04 Å². The fourth-order valence-corrected chi connectivity index (χ4v) is 2.30. The number of allylic oxidation sites excluding steroid dienone is 1. The maximum absolute atomic E-state index is 3.57. The van der Waals surface area contributed by atoms with Gasteiger partial charge in [0.2, 0.25) is 0 Å². The van der Waals surface area contributed by atoms with E-state index in [1.165, 1.54) is 24.1 Å². The number of halogens is 1. The molecule has 0 fully saturated rings. The van der Waals surface area contributed by atoms with Crippen molar-refractivity contribution in [2.75, 3.05) is 5.32 Å². The molecule has 2 heteroatoms. The van der Waals surface area contributed by atoms with E-state index in [-0.39, 0.29) is 0 Å². The summed E-state index contributed by atoms with van der Waals surface area (Å²) in [5.74, 6) is 0. The molecular formula is C12H14BrN. The molecule has 0 bridgehead atoms. The monoisotopic (exact) mass is 251 g/mol. The fraction of sp³-hybridized carbons (Fsp3) is 0.333. The van der Waals surface area contributed by atoms with E-state index >= 15 is 0 Å². The van der Waals surface area contributed by atoms with Gasteiger partial charge in [-0.05, 0) is 53.4 Å². The van der Waals surface area contributed by atoms with E-state index < -0.39 is 0 Å². The zero-order chi connectivity index (χ0) is 9.97. The largest absolute Gasteiger partial charge is 0.378 e. The maximum atomic E-state index is 3.57. The van der Waals surface area contributed by atoms with Gasteiger partial charge in [0.1, 0.15) is 0 Å². The summed E-state index contributed by atoms with van der Waals surface area (Å²) in [6.45, 7) is 2.10. The van der Waals surface area contributed by atoms with Crippen LogP contribution in [0, 0.1) is 6.92 Å². The van der Waals surface area contributed by atoms with Gasteiger partial charge in [-0.15, -0.1) is 0 Å². The first-order valence-electron chi connectivity index (χ1n) is 4.95. The zero-order valence-corrected chi connectivity index (χ0v) is 9.84. The Morgan fingerprint density at radius 3 is 2.93 bits per heavy atom. The fourth-order valence-electron chi connectivity index (χ4n) is 1.69. The van der Waals surface area contributed by atoms with Crippen molar-refractivity contribution >= 4 is 21.6 Å². The molecule has 0 aliphatic heterocycles. The molecule has 0 aromatic heterocycles. The van der Waals surface area contributed by atoms with Crippen LogP contribution in [-0.2, 0) is 0 Å². The minimum absolute atomic E-state index is 0.508. The summed E-state index contributed by atoms with van der Waals surface area (Å²) in [5.41, 5.74) is 2.47. The van der Waals surface area contributed by atoms with E-state index in [2.05, 4.69) is 58.5 Å². The second kappa shape index (κ2) is 4.18. The lowest BCUT2D eigenvalue weighted by atomic mass is 10.2. The first-order chi connectivity index (χ1) is 6.75. The van der Waals surface area contributed by atoms with Crippen LogP contribution in [0.4, 0.5) is 5.69 Å². The van der Waals surface area contributed by atoms with Crippen molar-refractivity contribution in [2.24, 2.45) is 0 Å². The highest BCUT2D eigenvalue weighted by atomic mass is 79.9. The van der Waals surface area contributed by atoms with Crippen LogP contribution in [0.15, 0.2) is 34.8 Å². The summed E-state index contributed by atoms with van der Waals surface area (Å²) >= 11 is 3.57. The second-order valence-electron chi connectivity index (χ2n) is 3.74. The first-order valence-corrected chi connectivity index (χ1v) is 5.74. The topological polar surface area (TPSA) is 12.0 Å². The van der Waals surface area contributed by atoms with Gasteiger partial charge in [0.25, 0.3) is 0 Å². The Bertz CT molecular complexity index is 357. The first kappa shape index (κ1) is 9.78. The van der Waals surface area contributed by atoms with Crippen LogP contribution >= 0.6 is 15.9 Å². The number of aryl methyl sites for hydroxylation is 1. The summed E-state index contributed by atoms with van der Waals surface area (Å²) < 4.78 is 1.15. The van der Waals surface area contributed by atoms with E-state index in [1.54, 1.807) is 0 Å². The van der Waals surface area contributed by atoms with Crippen molar-refractivity contribution in [3.63, 3.8) is 0 Å². The summed E-state index contributed by atoms with van der Waals surface area (Å²) in [5, 5.41) is 3.50. The molecule has 14 heavy (non-hydrogen) atoms. The smallest absolute Gasteiger partial charge is 0.0489 e. The number of hydrogen-bond acceptors (Lipinski definition) is 1. The molecule has 74 valence electrons. The summed E-state index contributed by atoms with van der Waals surface area (Å²) in [6.07, 6.45) is 6.88. The molecule has 1 aromatic rings. The van der Waals surface area contributed by atoms with Gasteiger partial charge in [0.05, 0.1) is 0 Å². The lowest BCUT2D eigenvalue weighted by Crippen LogP contribution is -2.13. The Morgan fingerprint density at radius 2 is 2.29 bits per heavy atom. The van der Waals surface area contributed by atoms with Crippen molar-refractivity contribution in [1.29, 1.82) is 0 Å². The van der Waals surface area contributed by atoms with E-state index in [9.17, 15) is 0 Å². The van der Waals surface area contributed by atoms with Gasteiger partial charge >= 0.3 is 0 Å². The van der Waals surface area contributed by atoms with Crippen LogP contribution in [0.2, 0.25) is 0 Å². The molecule has 1 N–H and O–H groups in total. The molecule has 0 saturated carbocycles. The Balaban J connectivity index is 2.12. The Kier molecular flexibility index (Phi) is 2.92. The van der Waals surface area contributed by atoms with E-state index in [4.69, 9.17) is 0 Å². The lowest BCUT2D eigenvalue weighted by molar-refractivity contribution is 0.825. The number of nitrogens with one attached hydrogen (secondary N) is 1. The predicted molar refractivity (Wildman–Crippen MR) is 64.7 cm³/mol. The molecule has 1 nitrogen and oxygen atoms in total. The SMILES string of the molecule is Cc1ccc(NC2C=CCC2)c(Br)c1. The van der Waals surface area contributed by atoms with Gasteiger partial charge in [-0.1, -0.05) is 18.2 Å². The molecule has 0 saturated heterocycles. The minimum atomic E-state index is 0.508. The van der Waals surface area contributed by atoms with Gasteiger partial charge in [0.15, 0.2) is 0 Å². The summed E-state index contributed by atoms with van der Waals surface area (Å²) in [7, 11) is 0. The van der Waals surface area contributed by atoms with Crippen molar-refractivity contribution in [3.8, 4) is 0 Å². The quantitative estimate of drug-likeness (QED) is 0.787. The highest BCUT2D eigenvalue weighted by molar-refractivity contribution is 9.10. The van der Waals surface area contributed by atoms with Crippen molar-refractivity contribution < 1.29 is 0 Å². The van der Waals surface area contributed by atoms with Crippen molar-refractivity contribution in [3.05, 3.63) is 40.4 Å². The van der Waals surface area contributed by atoms with Crippen LogP contribution in [0.3, 0.4) is 0 Å². The average Bonchev–Trinajstić information content (AvgIpc) is 2.62. The van der Waals surface area contributed by atoms with Gasteiger partial charge in [0, 0.05) is 16.2 Å². The lowest BCUT2D eigenvalue weighted by Gasteiger charge is -2.14. The third-order valence-corrected chi connectivity index (χ3v) is 3.13. The number of benzene rings is 1. The van der Waals surface area contributed by atoms with Gasteiger partial charge in [-0.25, -0.2) is 0 Å². The molecular weight excluding hydrogens is 238 g/mol. The molecule has 1 unspecified atom stereocenters. The maximum Gasteiger partial charge on any atom is 0.0489 e. The minimum Gasteiger partial charge on any atom is -0.378 e. The Labute approximate surface area is 93.3 Å². The predicted octanol–water partition coefficient (Wildman–Crippen LogP) is 3.89. The van der Waals surface area contributed by atoms with E-state index in [0.717, 1.165) is 4.47 Å². The third-order valence-electron chi connectivity index (χ3n) is 2.48. The number of anilines is 1. The van der Waals surface area contributed by atoms with Gasteiger partial charge in [-0.2, -0.15) is 0 Å². The molecule has 1 aromatic carbocycles. The van der Waals surface area contributed by atoms with Crippen LogP contribution in [0.5, 0.6) is 0 Å². The zero-order valence-electron chi connectivity index (χ0n) is 8.26. The number of hydrogen-bond donors (Lipinski definition) is 1. The third kappa shape index (κ3) is 2.18. The second-order valence-corrected chi connectivity index (χ2v) is 4.59. The molecule has 2 rings (SSSR count). The van der Waals surface area contributed by atoms with Crippen molar-refractivity contribution in [1.82, 2.24) is 0 Å². The average molecular weight is 252 g/mol. The van der Waals surface area contributed by atoms with Gasteiger partial charge in [-0.3, -0.25) is 0 Å². The highest BCUT2D eigenvalue weighted by Crippen LogP contribution is 2.25. The Morgan fingerprint density at radius 1 is 1.43 bits per heavy atom. The van der Waals surface area contributed by atoms with Gasteiger partial charge < -0.3 is 5.32 Å². The van der Waals surface area contributed by atoms with Crippen LogP contribution in [0.1, 0.15) is 18.4 Å². The molecule has 0 heterocycles. The van der Waals surface area contributed by atoms with Crippen LogP contribution in [0.25, 0.3) is 0 Å². The standard InChI is InChI=1S/C12H14BrN/c1-9-6-7-12(11(13)8-9)14-10-4-2-3-5-10/h2,4,6-8,10,14H,3,5H2,1H3. The molecule has 0 spiro atoms. The molecule has 0 amide bonds. The van der Waals surface area contributed by atoms with Crippen molar-refractivity contribution in [2.45, 2.75) is 25.8 Å². The molecule has 1 aliphatic carbocycles. The number of rotatable bonds is 2.